The molecule has 1 atom stereocenters. The fourth-order valence-electron chi connectivity index (χ4n) is 2.11. The quantitative estimate of drug-likeness (QED) is 0.922. The van der Waals surface area contributed by atoms with Crippen molar-refractivity contribution in [3.8, 4) is 11.5 Å². The van der Waals surface area contributed by atoms with Crippen molar-refractivity contribution in [1.82, 2.24) is 0 Å². The third-order valence-corrected chi connectivity index (χ3v) is 3.50. The molecule has 0 aliphatic carbocycles. The van der Waals surface area contributed by atoms with Crippen molar-refractivity contribution in [3.63, 3.8) is 0 Å². The fourth-order valence-corrected chi connectivity index (χ4v) is 2.11. The largest absolute Gasteiger partial charge is 0.508 e. The topological polar surface area (TPSA) is 32.7 Å². The van der Waals surface area contributed by atoms with Crippen LogP contribution in [0.25, 0.3) is 0 Å². The molecular weight excluding hydrogens is 257 g/mol. The normalized spacial score (nSPS) is 12.0. The van der Waals surface area contributed by atoms with Crippen LogP contribution in [0.3, 0.4) is 0 Å². The molecule has 0 saturated heterocycles. The molecule has 3 nitrogen and oxygen atoms in total. The molecule has 0 heterocycles. The van der Waals surface area contributed by atoms with E-state index >= 15 is 0 Å². The first-order valence-electron chi connectivity index (χ1n) is 6.38. The van der Waals surface area contributed by atoms with E-state index in [-0.39, 0.29) is 17.6 Å². The Morgan fingerprint density at radius 2 is 1.80 bits per heavy atom. The zero-order valence-electron chi connectivity index (χ0n) is 11.8. The van der Waals surface area contributed by atoms with Gasteiger partial charge in [0.05, 0.1) is 13.2 Å². The third kappa shape index (κ3) is 2.85. The molecular formula is C16H18FNO2. The maximum atomic E-state index is 13.3. The van der Waals surface area contributed by atoms with Crippen LogP contribution in [0.1, 0.15) is 18.5 Å². The summed E-state index contributed by atoms with van der Waals surface area (Å²) < 4.78 is 18.4. The number of ether oxygens (including phenoxy) is 1. The van der Waals surface area contributed by atoms with Crippen molar-refractivity contribution >= 4 is 5.69 Å². The van der Waals surface area contributed by atoms with E-state index in [4.69, 9.17) is 4.74 Å². The van der Waals surface area contributed by atoms with Gasteiger partial charge in [-0.15, -0.1) is 0 Å². The highest BCUT2D eigenvalue weighted by atomic mass is 19.1. The van der Waals surface area contributed by atoms with E-state index in [1.807, 2.05) is 43.1 Å². The number of benzene rings is 2. The predicted octanol–water partition coefficient (Wildman–Crippen LogP) is 3.74. The van der Waals surface area contributed by atoms with Crippen molar-refractivity contribution in [2.75, 3.05) is 19.1 Å². The van der Waals surface area contributed by atoms with Gasteiger partial charge in [0, 0.05) is 18.3 Å². The molecule has 0 bridgehead atoms. The molecule has 2 rings (SSSR count). The maximum absolute atomic E-state index is 13.3. The Labute approximate surface area is 118 Å². The second-order valence-electron chi connectivity index (χ2n) is 4.69. The number of aromatic hydroxyl groups is 1. The molecule has 2 aromatic rings. The molecule has 0 amide bonds. The summed E-state index contributed by atoms with van der Waals surface area (Å²) in [7, 11) is 3.52. The number of anilines is 1. The summed E-state index contributed by atoms with van der Waals surface area (Å²) >= 11 is 0. The Bertz CT molecular complexity index is 584. The zero-order chi connectivity index (χ0) is 14.7. The van der Waals surface area contributed by atoms with Gasteiger partial charge in [0.1, 0.15) is 17.3 Å². The molecule has 2 aromatic carbocycles. The van der Waals surface area contributed by atoms with Crippen molar-refractivity contribution in [2.24, 2.45) is 0 Å². The molecule has 0 aromatic heterocycles. The molecule has 1 unspecified atom stereocenters. The van der Waals surface area contributed by atoms with Crippen LogP contribution >= 0.6 is 0 Å². The standard InChI is InChI=1S/C16H18FNO2/c1-11(15-10-12(17)4-9-16(15)19)18(2)13-5-7-14(20-3)8-6-13/h4-11,19H,1-3H3. The first-order valence-corrected chi connectivity index (χ1v) is 6.38. The lowest BCUT2D eigenvalue weighted by Gasteiger charge is -2.28. The molecule has 4 heteroatoms. The average molecular weight is 275 g/mol. The van der Waals surface area contributed by atoms with Crippen LogP contribution in [0.15, 0.2) is 42.5 Å². The minimum Gasteiger partial charge on any atom is -0.508 e. The Morgan fingerprint density at radius 1 is 1.15 bits per heavy atom. The SMILES string of the molecule is COc1ccc(N(C)C(C)c2cc(F)ccc2O)cc1. The van der Waals surface area contributed by atoms with Crippen LogP contribution < -0.4 is 9.64 Å². The number of hydrogen-bond donors (Lipinski definition) is 1. The van der Waals surface area contributed by atoms with Crippen molar-refractivity contribution in [3.05, 3.63) is 53.8 Å². The molecule has 106 valence electrons. The van der Waals surface area contributed by atoms with E-state index in [0.29, 0.717) is 5.56 Å². The van der Waals surface area contributed by atoms with Gasteiger partial charge in [-0.1, -0.05) is 0 Å². The maximum Gasteiger partial charge on any atom is 0.123 e. The summed E-state index contributed by atoms with van der Waals surface area (Å²) in [6.45, 7) is 1.92. The lowest BCUT2D eigenvalue weighted by Crippen LogP contribution is -2.21. The summed E-state index contributed by atoms with van der Waals surface area (Å²) in [6, 6.07) is 11.4. The van der Waals surface area contributed by atoms with E-state index in [9.17, 15) is 9.50 Å². The van der Waals surface area contributed by atoms with Crippen LogP contribution in [0.4, 0.5) is 10.1 Å². The van der Waals surface area contributed by atoms with Crippen molar-refractivity contribution in [1.29, 1.82) is 0 Å². The third-order valence-electron chi connectivity index (χ3n) is 3.50. The predicted molar refractivity (Wildman–Crippen MR) is 77.9 cm³/mol. The van der Waals surface area contributed by atoms with E-state index in [1.165, 1.54) is 18.2 Å². The Kier molecular flexibility index (Phi) is 4.13. The van der Waals surface area contributed by atoms with Gasteiger partial charge in [0.2, 0.25) is 0 Å². The smallest absolute Gasteiger partial charge is 0.123 e. The van der Waals surface area contributed by atoms with Crippen LogP contribution in [0.2, 0.25) is 0 Å². The number of hydrogen-bond acceptors (Lipinski definition) is 3. The number of phenolic OH excluding ortho intramolecular Hbond substituents is 1. The van der Waals surface area contributed by atoms with E-state index in [1.54, 1.807) is 7.11 Å². The fraction of sp³-hybridized carbons (Fsp3) is 0.250. The molecule has 0 fully saturated rings. The monoisotopic (exact) mass is 275 g/mol. The zero-order valence-corrected chi connectivity index (χ0v) is 11.8. The minimum absolute atomic E-state index is 0.0965. The number of nitrogens with zero attached hydrogens (tertiary/aromatic N) is 1. The molecule has 1 N–H and O–H groups in total. The van der Waals surface area contributed by atoms with Gasteiger partial charge in [0.15, 0.2) is 0 Å². The van der Waals surface area contributed by atoms with Gasteiger partial charge >= 0.3 is 0 Å². The van der Waals surface area contributed by atoms with Crippen LogP contribution in [-0.4, -0.2) is 19.3 Å². The Hall–Kier alpha value is -2.23. The van der Waals surface area contributed by atoms with Gasteiger partial charge in [0.25, 0.3) is 0 Å². The summed E-state index contributed by atoms with van der Waals surface area (Å²) in [4.78, 5) is 1.97. The minimum atomic E-state index is -0.354. The first kappa shape index (κ1) is 14.2. The lowest BCUT2D eigenvalue weighted by molar-refractivity contribution is 0.415. The van der Waals surface area contributed by atoms with Gasteiger partial charge in [-0.05, 0) is 49.4 Å². The average Bonchev–Trinajstić information content (AvgIpc) is 2.48. The van der Waals surface area contributed by atoms with Crippen molar-refractivity contribution < 1.29 is 14.2 Å². The van der Waals surface area contributed by atoms with Gasteiger partial charge < -0.3 is 14.7 Å². The molecule has 0 spiro atoms. The Balaban J connectivity index is 2.26. The Morgan fingerprint density at radius 3 is 2.40 bits per heavy atom. The van der Waals surface area contributed by atoms with E-state index in [0.717, 1.165) is 11.4 Å². The van der Waals surface area contributed by atoms with Crippen LogP contribution in [0, 0.1) is 5.82 Å². The second-order valence-corrected chi connectivity index (χ2v) is 4.69. The molecule has 20 heavy (non-hydrogen) atoms. The lowest BCUT2D eigenvalue weighted by atomic mass is 10.1. The van der Waals surface area contributed by atoms with Gasteiger partial charge in [-0.25, -0.2) is 4.39 Å². The number of halogens is 1. The molecule has 0 radical (unpaired) electrons. The summed E-state index contributed by atoms with van der Waals surface area (Å²) in [5.74, 6) is 0.524. The van der Waals surface area contributed by atoms with Gasteiger partial charge in [-0.3, -0.25) is 0 Å². The number of methoxy groups -OCH3 is 1. The van der Waals surface area contributed by atoms with E-state index < -0.39 is 0 Å². The highest BCUT2D eigenvalue weighted by Crippen LogP contribution is 2.31. The second kappa shape index (κ2) is 5.82. The molecule has 0 aliphatic rings. The first-order chi connectivity index (χ1) is 9.52. The number of rotatable bonds is 4. The molecule has 0 saturated carbocycles. The van der Waals surface area contributed by atoms with Crippen LogP contribution in [-0.2, 0) is 0 Å². The highest BCUT2D eigenvalue weighted by molar-refractivity contribution is 5.51. The van der Waals surface area contributed by atoms with Crippen LogP contribution in [0.5, 0.6) is 11.5 Å². The summed E-state index contributed by atoms with van der Waals surface area (Å²) in [6.07, 6.45) is 0. The highest BCUT2D eigenvalue weighted by Gasteiger charge is 2.16. The van der Waals surface area contributed by atoms with E-state index in [2.05, 4.69) is 0 Å². The van der Waals surface area contributed by atoms with Crippen molar-refractivity contribution in [2.45, 2.75) is 13.0 Å². The van der Waals surface area contributed by atoms with Gasteiger partial charge in [-0.2, -0.15) is 0 Å². The summed E-state index contributed by atoms with van der Waals surface area (Å²) in [5.41, 5.74) is 1.52. The molecule has 0 aliphatic heterocycles. The summed E-state index contributed by atoms with van der Waals surface area (Å²) in [5, 5.41) is 9.87. The number of phenols is 1.